The van der Waals surface area contributed by atoms with E-state index in [9.17, 15) is 0 Å². The van der Waals surface area contributed by atoms with E-state index in [1.165, 1.54) is 22.0 Å². The van der Waals surface area contributed by atoms with Gasteiger partial charge in [0.05, 0.1) is 0 Å². The number of aromatic nitrogens is 3. The minimum atomic E-state index is 0. The number of nitrogens with one attached hydrogen (secondary N) is 3. The van der Waals surface area contributed by atoms with Crippen LogP contribution in [0.5, 0.6) is 0 Å². The highest BCUT2D eigenvalue weighted by molar-refractivity contribution is 14.0. The van der Waals surface area contributed by atoms with Crippen molar-refractivity contribution >= 4 is 52.4 Å². The molecule has 4 rings (SSSR count). The number of guanidine groups is 1. The van der Waals surface area contributed by atoms with Gasteiger partial charge in [0.1, 0.15) is 0 Å². The first-order valence-corrected chi connectivity index (χ1v) is 10.6. The monoisotopic (exact) mass is 564 g/mol. The molecule has 0 saturated carbocycles. The molecule has 0 saturated heterocycles. The normalized spacial score (nSPS) is 11.4. The molecule has 2 aromatic heterocycles. The summed E-state index contributed by atoms with van der Waals surface area (Å²) in [5.41, 5.74) is 4.55. The average molecular weight is 565 g/mol. The fourth-order valence-corrected chi connectivity index (χ4v) is 3.62. The van der Waals surface area contributed by atoms with Gasteiger partial charge in [0.15, 0.2) is 5.96 Å². The number of hydrogen-bond acceptors (Lipinski definition) is 4. The van der Waals surface area contributed by atoms with Crippen LogP contribution < -0.4 is 10.6 Å². The summed E-state index contributed by atoms with van der Waals surface area (Å²) >= 11 is 6.03. The maximum Gasteiger partial charge on any atom is 0.228 e. The molecule has 0 spiro atoms. The van der Waals surface area contributed by atoms with Crippen LogP contribution in [-0.2, 0) is 12.8 Å². The third-order valence-electron chi connectivity index (χ3n) is 5.02. The largest absolute Gasteiger partial charge is 0.361 e. The Balaban J connectivity index is 0.00000289. The Hall–Kier alpha value is -2.59. The summed E-state index contributed by atoms with van der Waals surface area (Å²) in [6, 6.07) is 13.9. The third-order valence-corrected chi connectivity index (χ3v) is 5.25. The van der Waals surface area contributed by atoms with Crippen molar-refractivity contribution in [2.45, 2.75) is 19.8 Å². The van der Waals surface area contributed by atoms with Crippen molar-refractivity contribution in [3.05, 3.63) is 70.7 Å². The third kappa shape index (κ3) is 6.01. The Labute approximate surface area is 209 Å². The zero-order valence-electron chi connectivity index (χ0n) is 18.0. The second-order valence-corrected chi connectivity index (χ2v) is 7.75. The molecule has 32 heavy (non-hydrogen) atoms. The molecule has 168 valence electrons. The molecule has 0 radical (unpaired) electrons. The number of aryl methyl sites for hydroxylation is 1. The minimum Gasteiger partial charge on any atom is -0.361 e. The first-order chi connectivity index (χ1) is 15.1. The van der Waals surface area contributed by atoms with Gasteiger partial charge in [-0.05, 0) is 42.7 Å². The number of fused-ring (bicyclic) bond motifs is 1. The number of nitrogens with zero attached hydrogens (tertiary/aromatic N) is 3. The van der Waals surface area contributed by atoms with Crippen LogP contribution >= 0.6 is 35.6 Å². The molecular formula is C23H26ClIN6O. The van der Waals surface area contributed by atoms with E-state index in [4.69, 9.17) is 16.1 Å². The van der Waals surface area contributed by atoms with Crippen LogP contribution in [0.25, 0.3) is 22.3 Å². The maximum atomic E-state index is 6.03. The number of benzene rings is 2. The van der Waals surface area contributed by atoms with Gasteiger partial charge in [-0.15, -0.1) is 24.0 Å². The van der Waals surface area contributed by atoms with Crippen LogP contribution in [-0.4, -0.2) is 41.2 Å². The maximum absolute atomic E-state index is 6.03. The summed E-state index contributed by atoms with van der Waals surface area (Å²) in [6.07, 6.45) is 3.57. The number of aliphatic imine (C=N–C) groups is 1. The zero-order valence-corrected chi connectivity index (χ0v) is 21.1. The summed E-state index contributed by atoms with van der Waals surface area (Å²) in [6.45, 7) is 3.51. The number of aromatic amines is 1. The number of rotatable bonds is 7. The van der Waals surface area contributed by atoms with E-state index in [0.29, 0.717) is 29.7 Å². The highest BCUT2D eigenvalue weighted by Gasteiger charge is 2.09. The predicted octanol–water partition coefficient (Wildman–Crippen LogP) is 4.75. The molecule has 0 bridgehead atoms. The molecule has 0 fully saturated rings. The van der Waals surface area contributed by atoms with Crippen LogP contribution in [0.1, 0.15) is 17.0 Å². The lowest BCUT2D eigenvalue weighted by Gasteiger charge is -2.10. The lowest BCUT2D eigenvalue weighted by Crippen LogP contribution is -2.39. The summed E-state index contributed by atoms with van der Waals surface area (Å²) in [7, 11) is 1.76. The molecule has 0 aliphatic rings. The van der Waals surface area contributed by atoms with E-state index in [1.54, 1.807) is 7.05 Å². The van der Waals surface area contributed by atoms with Crippen LogP contribution in [0.2, 0.25) is 5.02 Å². The molecule has 0 amide bonds. The van der Waals surface area contributed by atoms with Gasteiger partial charge < -0.3 is 20.1 Å². The number of H-pyrrole nitrogens is 1. The molecule has 0 aliphatic carbocycles. The van der Waals surface area contributed by atoms with Crippen LogP contribution in [0, 0.1) is 6.92 Å². The molecule has 7 nitrogen and oxygen atoms in total. The lowest BCUT2D eigenvalue weighted by atomic mass is 10.1. The second-order valence-electron chi connectivity index (χ2n) is 7.31. The van der Waals surface area contributed by atoms with Crippen molar-refractivity contribution in [3.8, 4) is 11.4 Å². The van der Waals surface area contributed by atoms with E-state index in [-0.39, 0.29) is 24.0 Å². The topological polar surface area (TPSA) is 91.1 Å². The van der Waals surface area contributed by atoms with E-state index < -0.39 is 0 Å². The van der Waals surface area contributed by atoms with Crippen molar-refractivity contribution in [2.24, 2.45) is 4.99 Å². The Kier molecular flexibility index (Phi) is 8.52. The highest BCUT2D eigenvalue weighted by atomic mass is 127. The highest BCUT2D eigenvalue weighted by Crippen LogP contribution is 2.20. The van der Waals surface area contributed by atoms with Crippen molar-refractivity contribution < 1.29 is 4.52 Å². The molecule has 2 heterocycles. The second kappa shape index (κ2) is 11.3. The van der Waals surface area contributed by atoms with Gasteiger partial charge in [-0.2, -0.15) is 4.98 Å². The summed E-state index contributed by atoms with van der Waals surface area (Å²) < 4.78 is 5.35. The zero-order chi connectivity index (χ0) is 21.6. The lowest BCUT2D eigenvalue weighted by molar-refractivity contribution is 0.378. The van der Waals surface area contributed by atoms with Crippen molar-refractivity contribution in [1.29, 1.82) is 0 Å². The van der Waals surface area contributed by atoms with Crippen molar-refractivity contribution in [2.75, 3.05) is 20.1 Å². The Morgan fingerprint density at radius 3 is 2.72 bits per heavy atom. The fraction of sp³-hybridized carbons (Fsp3) is 0.261. The Bertz CT molecular complexity index is 1200. The van der Waals surface area contributed by atoms with E-state index >= 15 is 0 Å². The molecule has 0 unspecified atom stereocenters. The van der Waals surface area contributed by atoms with Gasteiger partial charge in [-0.1, -0.05) is 41.0 Å². The molecule has 0 atom stereocenters. The SMILES string of the molecule is CN=C(NCCc1nc(-c2cccc(Cl)c2)no1)NCCc1c[nH]c2cc(C)ccc12.I. The molecule has 3 N–H and O–H groups in total. The molecule has 2 aromatic carbocycles. The van der Waals surface area contributed by atoms with Crippen LogP contribution in [0.4, 0.5) is 0 Å². The van der Waals surface area contributed by atoms with Crippen LogP contribution in [0.3, 0.4) is 0 Å². The smallest absolute Gasteiger partial charge is 0.228 e. The first-order valence-electron chi connectivity index (χ1n) is 10.2. The molecule has 0 aliphatic heterocycles. The summed E-state index contributed by atoms with van der Waals surface area (Å²) in [4.78, 5) is 12.1. The van der Waals surface area contributed by atoms with Crippen LogP contribution in [0.15, 0.2) is 58.2 Å². The van der Waals surface area contributed by atoms with Gasteiger partial charge in [0.2, 0.25) is 11.7 Å². The van der Waals surface area contributed by atoms with Crippen molar-refractivity contribution in [1.82, 2.24) is 25.8 Å². The molecule has 4 aromatic rings. The van der Waals surface area contributed by atoms with Gasteiger partial charge >= 0.3 is 0 Å². The van der Waals surface area contributed by atoms with E-state index in [1.807, 2.05) is 24.3 Å². The summed E-state index contributed by atoms with van der Waals surface area (Å²) in [5, 5.41) is 12.6. The Morgan fingerprint density at radius 2 is 1.94 bits per heavy atom. The molecular weight excluding hydrogens is 539 g/mol. The van der Waals surface area contributed by atoms with Gasteiger partial charge in [-0.25, -0.2) is 0 Å². The van der Waals surface area contributed by atoms with Crippen molar-refractivity contribution in [3.63, 3.8) is 0 Å². The first kappa shape index (κ1) is 24.1. The standard InChI is InChI=1S/C23H25ClN6O.HI/c1-15-6-7-19-17(14-28-20(19)12-15)8-10-26-23(25-2)27-11-9-21-29-22(30-31-21)16-4-3-5-18(24)13-16;/h3-7,12-14,28H,8-11H2,1-2H3,(H2,25,26,27);1H. The predicted molar refractivity (Wildman–Crippen MR) is 140 cm³/mol. The fourth-order valence-electron chi connectivity index (χ4n) is 3.43. The summed E-state index contributed by atoms with van der Waals surface area (Å²) in [5.74, 6) is 1.84. The Morgan fingerprint density at radius 1 is 1.12 bits per heavy atom. The number of halogens is 2. The minimum absolute atomic E-state index is 0. The van der Waals surface area contributed by atoms with Gasteiger partial charge in [0, 0.05) is 54.2 Å². The van der Waals surface area contributed by atoms with Gasteiger partial charge in [-0.3, -0.25) is 4.99 Å². The molecule has 9 heteroatoms. The van der Waals surface area contributed by atoms with E-state index in [0.717, 1.165) is 24.5 Å². The van der Waals surface area contributed by atoms with E-state index in [2.05, 4.69) is 62.1 Å². The quantitative estimate of drug-likeness (QED) is 0.171. The number of hydrogen-bond donors (Lipinski definition) is 3. The van der Waals surface area contributed by atoms with Gasteiger partial charge in [0.25, 0.3) is 0 Å². The average Bonchev–Trinajstić information content (AvgIpc) is 3.39.